The van der Waals surface area contributed by atoms with Gasteiger partial charge in [0.1, 0.15) is 0 Å². The Hall–Kier alpha value is -0.170. The fourth-order valence-corrected chi connectivity index (χ4v) is 3.14. The highest BCUT2D eigenvalue weighted by atomic mass is 32.2. The van der Waals surface area contributed by atoms with E-state index in [1.165, 1.54) is 0 Å². The maximum Gasteiger partial charge on any atom is 0.216 e. The van der Waals surface area contributed by atoms with Crippen LogP contribution in [0.2, 0.25) is 0 Å². The first-order valence-corrected chi connectivity index (χ1v) is 8.15. The summed E-state index contributed by atoms with van der Waals surface area (Å²) in [5.74, 6) is 0.0431. The first kappa shape index (κ1) is 17.8. The molecule has 0 aromatic carbocycles. The van der Waals surface area contributed by atoms with E-state index in [4.69, 9.17) is 10.5 Å². The van der Waals surface area contributed by atoms with Crippen LogP contribution >= 0.6 is 0 Å². The Labute approximate surface area is 112 Å². The highest BCUT2D eigenvalue weighted by Crippen LogP contribution is 2.18. The molecule has 0 amide bonds. The second-order valence-electron chi connectivity index (χ2n) is 5.21. The van der Waals surface area contributed by atoms with E-state index in [2.05, 4.69) is 0 Å². The third-order valence-corrected chi connectivity index (χ3v) is 4.49. The molecule has 2 N–H and O–H groups in total. The minimum Gasteiger partial charge on any atom is -0.381 e. The van der Waals surface area contributed by atoms with Gasteiger partial charge in [0.15, 0.2) is 0 Å². The number of ether oxygens (including phenoxy) is 1. The summed E-state index contributed by atoms with van der Waals surface area (Å²) in [6.07, 6.45) is 0.800. The number of hydrogen-bond acceptors (Lipinski definition) is 4. The SMILES string of the molecule is CCCN(CC(C)(C)CN)S(=O)(=O)CCOCC. The molecular weight excluding hydrogens is 252 g/mol. The predicted molar refractivity (Wildman–Crippen MR) is 75.0 cm³/mol. The van der Waals surface area contributed by atoms with Crippen LogP contribution in [0.15, 0.2) is 0 Å². The number of sulfonamides is 1. The average molecular weight is 280 g/mol. The van der Waals surface area contributed by atoms with E-state index in [0.717, 1.165) is 6.42 Å². The summed E-state index contributed by atoms with van der Waals surface area (Å²) >= 11 is 0. The molecule has 0 aliphatic rings. The first-order valence-electron chi connectivity index (χ1n) is 6.54. The molecule has 0 unspecified atom stereocenters. The molecule has 0 radical (unpaired) electrons. The Bertz CT molecular complexity index is 315. The minimum absolute atomic E-state index is 0.0431. The normalized spacial score (nSPS) is 13.2. The first-order chi connectivity index (χ1) is 8.29. The molecule has 0 atom stereocenters. The van der Waals surface area contributed by atoms with Crippen LogP contribution in [0, 0.1) is 5.41 Å². The maximum atomic E-state index is 12.2. The Kier molecular flexibility index (Phi) is 8.02. The van der Waals surface area contributed by atoms with Crippen LogP contribution < -0.4 is 5.73 Å². The third kappa shape index (κ3) is 6.68. The molecule has 110 valence electrons. The van der Waals surface area contributed by atoms with E-state index in [-0.39, 0.29) is 17.8 Å². The summed E-state index contributed by atoms with van der Waals surface area (Å²) in [6, 6.07) is 0. The van der Waals surface area contributed by atoms with Crippen molar-refractivity contribution >= 4 is 10.0 Å². The summed E-state index contributed by atoms with van der Waals surface area (Å²) in [7, 11) is -3.25. The standard InChI is InChI=1S/C12H28N2O3S/c1-5-7-14(11-12(3,4)10-13)18(15,16)9-8-17-6-2/h5-11,13H2,1-4H3. The summed E-state index contributed by atoms with van der Waals surface area (Å²) in [5.41, 5.74) is 5.47. The molecule has 0 aromatic heterocycles. The second-order valence-corrected chi connectivity index (χ2v) is 7.30. The van der Waals surface area contributed by atoms with Crippen molar-refractivity contribution in [3.63, 3.8) is 0 Å². The highest BCUT2D eigenvalue weighted by Gasteiger charge is 2.27. The lowest BCUT2D eigenvalue weighted by Crippen LogP contribution is -2.43. The number of nitrogens with two attached hydrogens (primary N) is 1. The molecule has 0 aliphatic carbocycles. The molecule has 18 heavy (non-hydrogen) atoms. The van der Waals surface area contributed by atoms with E-state index < -0.39 is 10.0 Å². The van der Waals surface area contributed by atoms with Crippen LogP contribution in [-0.2, 0) is 14.8 Å². The summed E-state index contributed by atoms with van der Waals surface area (Å²) in [4.78, 5) is 0. The Balaban J connectivity index is 4.66. The van der Waals surface area contributed by atoms with Crippen molar-refractivity contribution in [2.45, 2.75) is 34.1 Å². The van der Waals surface area contributed by atoms with Gasteiger partial charge in [0.25, 0.3) is 0 Å². The maximum absolute atomic E-state index is 12.2. The molecule has 0 rings (SSSR count). The summed E-state index contributed by atoms with van der Waals surface area (Å²) in [6.45, 7) is 10.0. The molecule has 0 saturated heterocycles. The zero-order valence-corrected chi connectivity index (χ0v) is 12.9. The van der Waals surface area contributed by atoms with Gasteiger partial charge in [-0.1, -0.05) is 20.8 Å². The Morgan fingerprint density at radius 2 is 1.89 bits per heavy atom. The van der Waals surface area contributed by atoms with Crippen molar-refractivity contribution in [2.75, 3.05) is 38.6 Å². The van der Waals surface area contributed by atoms with Gasteiger partial charge >= 0.3 is 0 Å². The number of hydrogen-bond donors (Lipinski definition) is 1. The van der Waals surface area contributed by atoms with Crippen LogP contribution in [0.1, 0.15) is 34.1 Å². The third-order valence-electron chi connectivity index (χ3n) is 2.71. The molecule has 0 saturated carbocycles. The lowest BCUT2D eigenvalue weighted by atomic mass is 9.94. The van der Waals surface area contributed by atoms with Gasteiger partial charge in [0, 0.05) is 19.7 Å². The van der Waals surface area contributed by atoms with Crippen LogP contribution in [0.4, 0.5) is 0 Å². The van der Waals surface area contributed by atoms with Gasteiger partial charge in [-0.25, -0.2) is 12.7 Å². The monoisotopic (exact) mass is 280 g/mol. The summed E-state index contributed by atoms with van der Waals surface area (Å²) < 4.78 is 31.1. The molecule has 6 heteroatoms. The fourth-order valence-electron chi connectivity index (χ4n) is 1.55. The van der Waals surface area contributed by atoms with Crippen LogP contribution in [0.3, 0.4) is 0 Å². The van der Waals surface area contributed by atoms with E-state index in [9.17, 15) is 8.42 Å². The fraction of sp³-hybridized carbons (Fsp3) is 1.00. The van der Waals surface area contributed by atoms with Crippen molar-refractivity contribution in [2.24, 2.45) is 11.1 Å². The quantitative estimate of drug-likeness (QED) is 0.607. The van der Waals surface area contributed by atoms with Crippen LogP contribution in [-0.4, -0.2) is 51.3 Å². The Morgan fingerprint density at radius 3 is 2.33 bits per heavy atom. The molecular formula is C12H28N2O3S. The average Bonchev–Trinajstić information content (AvgIpc) is 2.28. The van der Waals surface area contributed by atoms with E-state index in [0.29, 0.717) is 26.2 Å². The van der Waals surface area contributed by atoms with Crippen molar-refractivity contribution in [1.29, 1.82) is 0 Å². The molecule has 0 bridgehead atoms. The van der Waals surface area contributed by atoms with Crippen molar-refractivity contribution in [3.05, 3.63) is 0 Å². The second kappa shape index (κ2) is 8.09. The van der Waals surface area contributed by atoms with Gasteiger partial charge in [-0.2, -0.15) is 0 Å². The van der Waals surface area contributed by atoms with Crippen molar-refractivity contribution in [1.82, 2.24) is 4.31 Å². The zero-order chi connectivity index (χ0) is 14.2. The minimum atomic E-state index is -3.25. The van der Waals surface area contributed by atoms with E-state index >= 15 is 0 Å². The van der Waals surface area contributed by atoms with Gasteiger partial charge in [-0.3, -0.25) is 0 Å². The van der Waals surface area contributed by atoms with E-state index in [1.54, 1.807) is 4.31 Å². The lowest BCUT2D eigenvalue weighted by molar-refractivity contribution is 0.161. The van der Waals surface area contributed by atoms with Gasteiger partial charge in [0.2, 0.25) is 10.0 Å². The largest absolute Gasteiger partial charge is 0.381 e. The van der Waals surface area contributed by atoms with Crippen LogP contribution in [0.25, 0.3) is 0 Å². The topological polar surface area (TPSA) is 72.6 Å². The zero-order valence-electron chi connectivity index (χ0n) is 12.1. The number of rotatable bonds is 10. The highest BCUT2D eigenvalue weighted by molar-refractivity contribution is 7.89. The van der Waals surface area contributed by atoms with Crippen molar-refractivity contribution < 1.29 is 13.2 Å². The number of nitrogens with zero attached hydrogens (tertiary/aromatic N) is 1. The molecule has 0 fully saturated rings. The van der Waals surface area contributed by atoms with Gasteiger partial charge in [-0.05, 0) is 25.3 Å². The summed E-state index contributed by atoms with van der Waals surface area (Å²) in [5, 5.41) is 0. The molecule has 0 aromatic rings. The van der Waals surface area contributed by atoms with Gasteiger partial charge < -0.3 is 10.5 Å². The van der Waals surface area contributed by atoms with Crippen molar-refractivity contribution in [3.8, 4) is 0 Å². The lowest BCUT2D eigenvalue weighted by Gasteiger charge is -2.31. The smallest absolute Gasteiger partial charge is 0.216 e. The predicted octanol–water partition coefficient (Wildman–Crippen LogP) is 1.05. The Morgan fingerprint density at radius 1 is 1.28 bits per heavy atom. The van der Waals surface area contributed by atoms with E-state index in [1.807, 2.05) is 27.7 Å². The molecule has 0 spiro atoms. The molecule has 0 heterocycles. The van der Waals surface area contributed by atoms with Gasteiger partial charge in [0.05, 0.1) is 12.4 Å². The molecule has 5 nitrogen and oxygen atoms in total. The van der Waals surface area contributed by atoms with Crippen LogP contribution in [0.5, 0.6) is 0 Å². The van der Waals surface area contributed by atoms with Gasteiger partial charge in [-0.15, -0.1) is 0 Å². The molecule has 0 aliphatic heterocycles.